The zero-order valence-electron chi connectivity index (χ0n) is 17.0. The molecule has 0 saturated carbocycles. The van der Waals surface area contributed by atoms with Crippen LogP contribution in [-0.4, -0.2) is 25.2 Å². The van der Waals surface area contributed by atoms with Crippen molar-refractivity contribution in [1.29, 1.82) is 0 Å². The number of para-hydroxylation sites is 2. The van der Waals surface area contributed by atoms with Crippen molar-refractivity contribution in [2.75, 3.05) is 7.11 Å². The van der Waals surface area contributed by atoms with Crippen molar-refractivity contribution in [3.8, 4) is 11.5 Å². The zero-order valence-corrected chi connectivity index (χ0v) is 17.0. The highest BCUT2D eigenvalue weighted by atomic mass is 16.6. The third-order valence-electron chi connectivity index (χ3n) is 4.35. The van der Waals surface area contributed by atoms with E-state index in [1.807, 2.05) is 6.92 Å². The highest BCUT2D eigenvalue weighted by Gasteiger charge is 2.13. The second kappa shape index (κ2) is 14.1. The molecule has 27 heavy (non-hydrogen) atoms. The second-order valence-corrected chi connectivity index (χ2v) is 6.84. The molecule has 1 atom stereocenters. The van der Waals surface area contributed by atoms with Gasteiger partial charge in [-0.3, -0.25) is 9.59 Å². The van der Waals surface area contributed by atoms with Crippen LogP contribution in [0.1, 0.15) is 78.1 Å². The quantitative estimate of drug-likeness (QED) is 0.245. The first-order chi connectivity index (χ1) is 13.1. The van der Waals surface area contributed by atoms with Gasteiger partial charge in [0.15, 0.2) is 11.5 Å². The number of esters is 2. The van der Waals surface area contributed by atoms with Gasteiger partial charge in [0.2, 0.25) is 0 Å². The smallest absolute Gasteiger partial charge is 0.311 e. The Morgan fingerprint density at radius 3 is 2.22 bits per heavy atom. The van der Waals surface area contributed by atoms with E-state index in [0.717, 1.165) is 12.8 Å². The van der Waals surface area contributed by atoms with Gasteiger partial charge in [-0.1, -0.05) is 51.2 Å². The van der Waals surface area contributed by atoms with E-state index in [4.69, 9.17) is 14.2 Å². The third kappa shape index (κ3) is 10.6. The molecule has 1 rings (SSSR count). The van der Waals surface area contributed by atoms with Gasteiger partial charge in [0, 0.05) is 12.8 Å². The van der Waals surface area contributed by atoms with Crippen molar-refractivity contribution in [2.45, 2.75) is 84.2 Å². The summed E-state index contributed by atoms with van der Waals surface area (Å²) in [7, 11) is 1.52. The minimum absolute atomic E-state index is 0.0655. The molecule has 0 saturated heterocycles. The zero-order chi connectivity index (χ0) is 19.9. The first-order valence-corrected chi connectivity index (χ1v) is 10.1. The van der Waals surface area contributed by atoms with E-state index in [2.05, 4.69) is 6.92 Å². The molecule has 1 aromatic rings. The number of hydrogen-bond donors (Lipinski definition) is 0. The van der Waals surface area contributed by atoms with E-state index in [1.165, 1.54) is 39.2 Å². The van der Waals surface area contributed by atoms with Gasteiger partial charge < -0.3 is 14.2 Å². The van der Waals surface area contributed by atoms with Gasteiger partial charge in [-0.15, -0.1) is 0 Å². The largest absolute Gasteiger partial charge is 0.493 e. The average Bonchev–Trinajstić information content (AvgIpc) is 2.65. The normalized spacial score (nSPS) is 11.7. The molecule has 0 aliphatic heterocycles. The number of carbonyl (C=O) groups excluding carboxylic acids is 2. The lowest BCUT2D eigenvalue weighted by atomic mass is 10.1. The van der Waals surface area contributed by atoms with Crippen LogP contribution in [0.15, 0.2) is 24.3 Å². The first kappa shape index (κ1) is 23.0. The monoisotopic (exact) mass is 378 g/mol. The number of unbranched alkanes of at least 4 members (excludes halogenated alkanes) is 5. The van der Waals surface area contributed by atoms with Crippen LogP contribution in [0.3, 0.4) is 0 Å². The SMILES string of the molecule is CCCCCCCCC(C)OC(=O)CCCC(=O)Oc1ccccc1OC. The summed E-state index contributed by atoms with van der Waals surface area (Å²) in [4.78, 5) is 23.8. The van der Waals surface area contributed by atoms with Crippen LogP contribution in [0, 0.1) is 0 Å². The van der Waals surface area contributed by atoms with Gasteiger partial charge in [-0.2, -0.15) is 0 Å². The van der Waals surface area contributed by atoms with Gasteiger partial charge in [-0.25, -0.2) is 0 Å². The molecular weight excluding hydrogens is 344 g/mol. The van der Waals surface area contributed by atoms with Gasteiger partial charge in [-0.05, 0) is 38.3 Å². The van der Waals surface area contributed by atoms with Crippen molar-refractivity contribution in [3.05, 3.63) is 24.3 Å². The molecule has 0 aliphatic carbocycles. The number of rotatable bonds is 14. The summed E-state index contributed by atoms with van der Waals surface area (Å²) in [6, 6.07) is 6.98. The van der Waals surface area contributed by atoms with E-state index in [9.17, 15) is 9.59 Å². The van der Waals surface area contributed by atoms with Crippen molar-refractivity contribution in [2.24, 2.45) is 0 Å². The summed E-state index contributed by atoms with van der Waals surface area (Å²) in [6.45, 7) is 4.14. The van der Waals surface area contributed by atoms with Crippen LogP contribution in [0.5, 0.6) is 11.5 Å². The summed E-state index contributed by atoms with van der Waals surface area (Å²) in [5, 5.41) is 0. The molecule has 0 heterocycles. The average molecular weight is 379 g/mol. The number of methoxy groups -OCH3 is 1. The van der Waals surface area contributed by atoms with Crippen LogP contribution in [-0.2, 0) is 14.3 Å². The molecule has 1 aromatic carbocycles. The molecule has 0 N–H and O–H groups in total. The van der Waals surface area contributed by atoms with E-state index in [-0.39, 0.29) is 30.9 Å². The molecule has 0 bridgehead atoms. The highest BCUT2D eigenvalue weighted by Crippen LogP contribution is 2.26. The minimum Gasteiger partial charge on any atom is -0.493 e. The molecule has 0 aliphatic rings. The molecule has 0 radical (unpaired) electrons. The molecule has 0 fully saturated rings. The Hall–Kier alpha value is -2.04. The standard InChI is InChI=1S/C22H34O5/c1-4-5-6-7-8-9-13-18(2)26-21(23)16-12-17-22(24)27-20-15-11-10-14-19(20)25-3/h10-11,14-15,18H,4-9,12-13,16-17H2,1-3H3. The van der Waals surface area contributed by atoms with E-state index < -0.39 is 0 Å². The van der Waals surface area contributed by atoms with Crippen LogP contribution in [0.25, 0.3) is 0 Å². The van der Waals surface area contributed by atoms with Crippen molar-refractivity contribution in [1.82, 2.24) is 0 Å². The molecule has 0 amide bonds. The Balaban J connectivity index is 2.14. The Kier molecular flexibility index (Phi) is 12.0. The topological polar surface area (TPSA) is 61.8 Å². The number of hydrogen-bond acceptors (Lipinski definition) is 5. The molecule has 5 heteroatoms. The number of carbonyl (C=O) groups is 2. The van der Waals surface area contributed by atoms with E-state index in [1.54, 1.807) is 24.3 Å². The summed E-state index contributed by atoms with van der Waals surface area (Å²) in [5.41, 5.74) is 0. The molecule has 152 valence electrons. The van der Waals surface area contributed by atoms with Gasteiger partial charge in [0.25, 0.3) is 0 Å². The summed E-state index contributed by atoms with van der Waals surface area (Å²) < 4.78 is 15.8. The van der Waals surface area contributed by atoms with Gasteiger partial charge in [0.1, 0.15) is 0 Å². The maximum Gasteiger partial charge on any atom is 0.311 e. The van der Waals surface area contributed by atoms with E-state index >= 15 is 0 Å². The van der Waals surface area contributed by atoms with E-state index in [0.29, 0.717) is 17.9 Å². The third-order valence-corrected chi connectivity index (χ3v) is 4.35. The van der Waals surface area contributed by atoms with Gasteiger partial charge in [0.05, 0.1) is 13.2 Å². The lowest BCUT2D eigenvalue weighted by Crippen LogP contribution is -2.15. The number of ether oxygens (including phenoxy) is 3. The molecule has 1 unspecified atom stereocenters. The molecular formula is C22H34O5. The fraction of sp³-hybridized carbons (Fsp3) is 0.636. The fourth-order valence-corrected chi connectivity index (χ4v) is 2.81. The second-order valence-electron chi connectivity index (χ2n) is 6.84. The van der Waals surface area contributed by atoms with Crippen LogP contribution >= 0.6 is 0 Å². The van der Waals surface area contributed by atoms with Crippen LogP contribution < -0.4 is 9.47 Å². The summed E-state index contributed by atoms with van der Waals surface area (Å²) in [6.07, 6.45) is 9.00. The number of benzene rings is 1. The predicted molar refractivity (Wildman–Crippen MR) is 106 cm³/mol. The van der Waals surface area contributed by atoms with Crippen molar-refractivity contribution >= 4 is 11.9 Å². The van der Waals surface area contributed by atoms with Crippen molar-refractivity contribution < 1.29 is 23.8 Å². The molecule has 0 aromatic heterocycles. The van der Waals surface area contributed by atoms with Gasteiger partial charge >= 0.3 is 11.9 Å². The maximum absolute atomic E-state index is 11.9. The Bertz CT molecular complexity index is 555. The van der Waals surface area contributed by atoms with Crippen LogP contribution in [0.2, 0.25) is 0 Å². The lowest BCUT2D eigenvalue weighted by Gasteiger charge is -2.13. The molecule has 5 nitrogen and oxygen atoms in total. The first-order valence-electron chi connectivity index (χ1n) is 10.1. The predicted octanol–water partition coefficient (Wildman–Crippen LogP) is 5.45. The fourth-order valence-electron chi connectivity index (χ4n) is 2.81. The minimum atomic E-state index is -0.382. The Labute approximate surface area is 163 Å². The molecule has 0 spiro atoms. The highest BCUT2D eigenvalue weighted by molar-refractivity contribution is 5.74. The van der Waals surface area contributed by atoms with Crippen LogP contribution in [0.4, 0.5) is 0 Å². The Morgan fingerprint density at radius 2 is 1.52 bits per heavy atom. The summed E-state index contributed by atoms with van der Waals surface area (Å²) >= 11 is 0. The summed E-state index contributed by atoms with van der Waals surface area (Å²) in [5.74, 6) is 0.264. The van der Waals surface area contributed by atoms with Crippen molar-refractivity contribution in [3.63, 3.8) is 0 Å². The Morgan fingerprint density at radius 1 is 0.889 bits per heavy atom. The maximum atomic E-state index is 11.9. The lowest BCUT2D eigenvalue weighted by molar-refractivity contribution is -0.148.